The summed E-state index contributed by atoms with van der Waals surface area (Å²) < 4.78 is 64.9. The van der Waals surface area contributed by atoms with Gasteiger partial charge >= 0.3 is 6.18 Å². The maximum atomic E-state index is 14.9. The highest BCUT2D eigenvalue weighted by molar-refractivity contribution is 7.97. The van der Waals surface area contributed by atoms with Gasteiger partial charge in [-0.05, 0) is 90.3 Å². The van der Waals surface area contributed by atoms with E-state index in [1.54, 1.807) is 18.3 Å². The van der Waals surface area contributed by atoms with Crippen molar-refractivity contribution in [3.05, 3.63) is 82.3 Å². The minimum absolute atomic E-state index is 0.0413. The summed E-state index contributed by atoms with van der Waals surface area (Å²) in [5.41, 5.74) is 2.95. The predicted molar refractivity (Wildman–Crippen MR) is 146 cm³/mol. The first-order valence-corrected chi connectivity index (χ1v) is 14.6. The molecule has 0 N–H and O–H groups in total. The fourth-order valence-corrected chi connectivity index (χ4v) is 6.94. The van der Waals surface area contributed by atoms with Crippen molar-refractivity contribution < 1.29 is 22.3 Å². The molecular weight excluding hydrogens is 524 g/mol. The summed E-state index contributed by atoms with van der Waals surface area (Å²) in [6.45, 7) is 4.04. The van der Waals surface area contributed by atoms with Crippen molar-refractivity contribution in [2.45, 2.75) is 69.4 Å². The zero-order chi connectivity index (χ0) is 27.1. The molecule has 0 bridgehead atoms. The number of fused-ring (bicyclic) bond motifs is 1. The fraction of sp³-hybridized carbons (Fsp3) is 0.452. The van der Waals surface area contributed by atoms with Gasteiger partial charge in [-0.25, -0.2) is 9.37 Å². The van der Waals surface area contributed by atoms with Crippen LogP contribution in [0.15, 0.2) is 48.7 Å². The number of ether oxygens (including phenoxy) is 1. The number of hydrogen-bond donors (Lipinski definition) is 0. The van der Waals surface area contributed by atoms with Crippen molar-refractivity contribution in [3.8, 4) is 17.0 Å². The van der Waals surface area contributed by atoms with Crippen LogP contribution < -0.4 is 4.74 Å². The molecule has 2 heterocycles. The third-order valence-electron chi connectivity index (χ3n) is 8.03. The molecule has 0 amide bonds. The average Bonchev–Trinajstić information content (AvgIpc) is 3.65. The largest absolute Gasteiger partial charge is 0.473 e. The number of aromatic nitrogens is 1. The molecule has 206 valence electrons. The van der Waals surface area contributed by atoms with E-state index in [9.17, 15) is 17.6 Å². The maximum absolute atomic E-state index is 14.9. The molecule has 1 saturated heterocycles. The first kappa shape index (κ1) is 26.6. The molecule has 1 aliphatic heterocycles. The number of piperidine rings is 1. The van der Waals surface area contributed by atoms with Crippen LogP contribution in [0.25, 0.3) is 11.1 Å². The van der Waals surface area contributed by atoms with E-state index in [1.807, 2.05) is 30.1 Å². The van der Waals surface area contributed by atoms with Crippen LogP contribution in [-0.4, -0.2) is 27.6 Å². The van der Waals surface area contributed by atoms with E-state index in [-0.39, 0.29) is 17.7 Å². The summed E-state index contributed by atoms with van der Waals surface area (Å²) in [6.07, 6.45) is 3.71. The van der Waals surface area contributed by atoms with Gasteiger partial charge in [-0.3, -0.25) is 4.31 Å². The second-order valence-corrected chi connectivity index (χ2v) is 12.6. The van der Waals surface area contributed by atoms with Gasteiger partial charge in [-0.2, -0.15) is 13.2 Å². The van der Waals surface area contributed by atoms with Crippen molar-refractivity contribution in [3.63, 3.8) is 0 Å². The molecule has 3 nitrogen and oxygen atoms in total. The molecule has 2 aromatic carbocycles. The monoisotopic (exact) mass is 556 g/mol. The summed E-state index contributed by atoms with van der Waals surface area (Å²) in [4.78, 5) is 4.31. The van der Waals surface area contributed by atoms with Crippen molar-refractivity contribution in [1.29, 1.82) is 0 Å². The second-order valence-electron chi connectivity index (χ2n) is 11.2. The van der Waals surface area contributed by atoms with Gasteiger partial charge in [0.05, 0.1) is 5.56 Å². The fourth-order valence-electron chi connectivity index (χ4n) is 5.75. The average molecular weight is 557 g/mol. The number of alkyl halides is 3. The number of hydrogen-bond acceptors (Lipinski definition) is 4. The molecule has 1 unspecified atom stereocenters. The molecule has 8 heteroatoms. The third-order valence-corrected chi connectivity index (χ3v) is 9.46. The highest BCUT2D eigenvalue weighted by Crippen LogP contribution is 2.41. The molecule has 1 atom stereocenters. The molecule has 0 spiro atoms. The Hall–Kier alpha value is -2.58. The molecule has 2 fully saturated rings. The zero-order valence-electron chi connectivity index (χ0n) is 21.9. The highest BCUT2D eigenvalue weighted by atomic mass is 32.2. The molecule has 6 rings (SSSR count). The molecule has 39 heavy (non-hydrogen) atoms. The van der Waals surface area contributed by atoms with Gasteiger partial charge in [0.25, 0.3) is 0 Å². The minimum Gasteiger partial charge on any atom is -0.473 e. The quantitative estimate of drug-likeness (QED) is 0.216. The summed E-state index contributed by atoms with van der Waals surface area (Å²) in [5.74, 6) is 0.359. The van der Waals surface area contributed by atoms with Crippen molar-refractivity contribution >= 4 is 11.9 Å². The summed E-state index contributed by atoms with van der Waals surface area (Å²) in [7, 11) is 0. The highest BCUT2D eigenvalue weighted by Gasteiger charge is 2.35. The zero-order valence-corrected chi connectivity index (χ0v) is 22.8. The Morgan fingerprint density at radius 1 is 0.974 bits per heavy atom. The smallest absolute Gasteiger partial charge is 0.417 e. The van der Waals surface area contributed by atoms with Crippen LogP contribution in [0.4, 0.5) is 17.6 Å². The SMILES string of the molecule is CC1Cc2cnc(OCc3cc(-c4ccc(C5CCN(SC6CC6)CC5)cc4)c(C(F)(F)F)cc3F)cc2C1. The van der Waals surface area contributed by atoms with E-state index in [1.165, 1.54) is 24.5 Å². The van der Waals surface area contributed by atoms with Gasteiger partial charge in [-0.15, -0.1) is 0 Å². The van der Waals surface area contributed by atoms with Gasteiger partial charge in [-0.1, -0.05) is 43.1 Å². The van der Waals surface area contributed by atoms with E-state index < -0.39 is 17.6 Å². The predicted octanol–water partition coefficient (Wildman–Crippen LogP) is 8.21. The summed E-state index contributed by atoms with van der Waals surface area (Å²) in [5, 5.41) is 0.795. The van der Waals surface area contributed by atoms with Crippen LogP contribution in [0.5, 0.6) is 5.88 Å². The molecule has 3 aromatic rings. The Bertz CT molecular complexity index is 1330. The van der Waals surface area contributed by atoms with Gasteiger partial charge in [0.1, 0.15) is 12.4 Å². The molecule has 0 radical (unpaired) electrons. The minimum atomic E-state index is -4.68. The number of rotatable bonds is 7. The topological polar surface area (TPSA) is 25.4 Å². The van der Waals surface area contributed by atoms with Crippen LogP contribution in [0.2, 0.25) is 0 Å². The van der Waals surface area contributed by atoms with Gasteiger partial charge < -0.3 is 4.74 Å². The van der Waals surface area contributed by atoms with Crippen molar-refractivity contribution in [2.24, 2.45) is 5.92 Å². The molecule has 1 aromatic heterocycles. The Balaban J connectivity index is 1.20. The molecule has 2 aliphatic carbocycles. The first-order chi connectivity index (χ1) is 18.7. The van der Waals surface area contributed by atoms with Gasteiger partial charge in [0, 0.05) is 36.2 Å². The van der Waals surface area contributed by atoms with Crippen molar-refractivity contribution in [1.82, 2.24) is 9.29 Å². The van der Waals surface area contributed by atoms with Crippen molar-refractivity contribution in [2.75, 3.05) is 13.1 Å². The van der Waals surface area contributed by atoms with E-state index in [0.717, 1.165) is 55.1 Å². The van der Waals surface area contributed by atoms with E-state index in [0.29, 0.717) is 29.3 Å². The third kappa shape index (κ3) is 6.12. The lowest BCUT2D eigenvalue weighted by atomic mass is 9.88. The van der Waals surface area contributed by atoms with Crippen LogP contribution in [-0.2, 0) is 25.6 Å². The molecule has 3 aliphatic rings. The number of benzene rings is 2. The lowest BCUT2D eigenvalue weighted by molar-refractivity contribution is -0.137. The standard InChI is InChI=1S/C31H32F4N2OS/c1-19-12-23-15-30(36-17-24(23)13-19)38-18-25-14-27(28(16-29(25)32)31(33,34)35)22-4-2-20(3-5-22)21-8-10-37(11-9-21)39-26-6-7-26/h2-5,14-17,19,21,26H,6-13,18H2,1H3. The van der Waals surface area contributed by atoms with Crippen LogP contribution in [0, 0.1) is 11.7 Å². The number of pyridine rings is 1. The van der Waals surface area contributed by atoms with Crippen LogP contribution in [0.3, 0.4) is 0 Å². The van der Waals surface area contributed by atoms with Gasteiger partial charge in [0.15, 0.2) is 0 Å². The Kier molecular flexibility index (Phi) is 7.35. The van der Waals surface area contributed by atoms with Crippen LogP contribution in [0.1, 0.15) is 66.3 Å². The second kappa shape index (κ2) is 10.8. The first-order valence-electron chi connectivity index (χ1n) is 13.7. The normalized spacial score (nSPS) is 20.3. The number of halogens is 4. The summed E-state index contributed by atoms with van der Waals surface area (Å²) >= 11 is 1.98. The Labute approximate surface area is 231 Å². The van der Waals surface area contributed by atoms with E-state index in [2.05, 4.69) is 16.2 Å². The lowest BCUT2D eigenvalue weighted by Crippen LogP contribution is -2.28. The molecule has 1 saturated carbocycles. The Morgan fingerprint density at radius 3 is 2.38 bits per heavy atom. The summed E-state index contributed by atoms with van der Waals surface area (Å²) in [6, 6.07) is 11.0. The van der Waals surface area contributed by atoms with E-state index >= 15 is 0 Å². The van der Waals surface area contributed by atoms with Crippen LogP contribution >= 0.6 is 11.9 Å². The number of nitrogens with zero attached hydrogens (tertiary/aromatic N) is 2. The Morgan fingerprint density at radius 2 is 1.69 bits per heavy atom. The van der Waals surface area contributed by atoms with E-state index in [4.69, 9.17) is 4.74 Å². The molecular formula is C31H32F4N2OS. The lowest BCUT2D eigenvalue weighted by Gasteiger charge is -2.31. The van der Waals surface area contributed by atoms with Gasteiger partial charge in [0.2, 0.25) is 5.88 Å². The maximum Gasteiger partial charge on any atom is 0.417 e.